The Balaban J connectivity index is 1.54. The van der Waals surface area contributed by atoms with Crippen molar-refractivity contribution in [3.8, 4) is 11.5 Å². The Bertz CT molecular complexity index is 1530. The van der Waals surface area contributed by atoms with Crippen molar-refractivity contribution in [2.45, 2.75) is 4.90 Å². The standard InChI is InChI=1S/C22H17N5O6S/c28-27(29)15-4-3-5-16(13-15)34(30,31)26-22-21(24-17-6-1-2-7-18(17)25-22)23-14-8-9-19-20(12-14)33-11-10-32-19/h1-9,12-13H,10-11H2,(H,23,24)(H,25,26). The van der Waals surface area contributed by atoms with Gasteiger partial charge in [-0.2, -0.15) is 0 Å². The average Bonchev–Trinajstić information content (AvgIpc) is 2.84. The summed E-state index contributed by atoms with van der Waals surface area (Å²) in [6, 6.07) is 16.9. The molecule has 0 bridgehead atoms. The van der Waals surface area contributed by atoms with Gasteiger partial charge in [-0.25, -0.2) is 18.4 Å². The Hall–Kier alpha value is -4.45. The van der Waals surface area contributed by atoms with Gasteiger partial charge in [0.05, 0.1) is 20.9 Å². The number of aromatic nitrogens is 2. The van der Waals surface area contributed by atoms with Gasteiger partial charge in [0.25, 0.3) is 15.7 Å². The molecular formula is C22H17N5O6S. The summed E-state index contributed by atoms with van der Waals surface area (Å²) in [5.74, 6) is 1.22. The second-order valence-electron chi connectivity index (χ2n) is 7.25. The van der Waals surface area contributed by atoms with Crippen LogP contribution in [0.3, 0.4) is 0 Å². The molecule has 0 unspecified atom stereocenters. The molecule has 0 fully saturated rings. The van der Waals surface area contributed by atoms with Crippen LogP contribution in [0.5, 0.6) is 11.5 Å². The fourth-order valence-electron chi connectivity index (χ4n) is 3.37. The van der Waals surface area contributed by atoms with Crippen LogP contribution in [0.1, 0.15) is 0 Å². The van der Waals surface area contributed by atoms with Crippen LogP contribution in [0, 0.1) is 10.1 Å². The molecule has 1 aromatic heterocycles. The number of non-ortho nitro benzene ring substituents is 1. The maximum Gasteiger partial charge on any atom is 0.270 e. The number of benzene rings is 3. The first-order chi connectivity index (χ1) is 16.4. The lowest BCUT2D eigenvalue weighted by Gasteiger charge is -2.19. The largest absolute Gasteiger partial charge is 0.486 e. The molecule has 4 aromatic rings. The van der Waals surface area contributed by atoms with Crippen molar-refractivity contribution in [1.29, 1.82) is 0 Å². The fourth-order valence-corrected chi connectivity index (χ4v) is 4.41. The molecule has 0 radical (unpaired) electrons. The topological polar surface area (TPSA) is 146 Å². The molecule has 0 saturated heterocycles. The summed E-state index contributed by atoms with van der Waals surface area (Å²) in [5, 5.41) is 14.2. The van der Waals surface area contributed by atoms with Crippen molar-refractivity contribution in [1.82, 2.24) is 9.97 Å². The molecule has 12 heteroatoms. The van der Waals surface area contributed by atoms with Crippen LogP contribution in [0.25, 0.3) is 11.0 Å². The van der Waals surface area contributed by atoms with E-state index in [1.54, 1.807) is 42.5 Å². The lowest BCUT2D eigenvalue weighted by Crippen LogP contribution is -2.16. The lowest BCUT2D eigenvalue weighted by atomic mass is 10.2. The number of anilines is 3. The second-order valence-corrected chi connectivity index (χ2v) is 8.94. The van der Waals surface area contributed by atoms with Crippen molar-refractivity contribution in [2.24, 2.45) is 0 Å². The molecule has 0 saturated carbocycles. The Morgan fingerprint density at radius 2 is 1.56 bits per heavy atom. The van der Waals surface area contributed by atoms with Gasteiger partial charge in [-0.05, 0) is 30.3 Å². The molecule has 5 rings (SSSR count). The molecule has 2 heterocycles. The van der Waals surface area contributed by atoms with Crippen molar-refractivity contribution >= 4 is 44.1 Å². The molecule has 1 aliphatic heterocycles. The molecule has 0 aliphatic carbocycles. The van der Waals surface area contributed by atoms with Crippen molar-refractivity contribution in [3.63, 3.8) is 0 Å². The number of sulfonamides is 1. The summed E-state index contributed by atoms with van der Waals surface area (Å²) in [6.45, 7) is 0.875. The maximum absolute atomic E-state index is 13.0. The highest BCUT2D eigenvalue weighted by Gasteiger charge is 2.22. The minimum atomic E-state index is -4.21. The van der Waals surface area contributed by atoms with Crippen LogP contribution < -0.4 is 19.5 Å². The maximum atomic E-state index is 13.0. The number of ether oxygens (including phenoxy) is 2. The van der Waals surface area contributed by atoms with Crippen molar-refractivity contribution in [3.05, 3.63) is 76.8 Å². The zero-order valence-corrected chi connectivity index (χ0v) is 18.3. The first kappa shape index (κ1) is 21.4. The number of hydrogen-bond acceptors (Lipinski definition) is 9. The third kappa shape index (κ3) is 4.26. The first-order valence-electron chi connectivity index (χ1n) is 10.1. The van der Waals surface area contributed by atoms with Gasteiger partial charge in [0.2, 0.25) is 0 Å². The predicted molar refractivity (Wildman–Crippen MR) is 124 cm³/mol. The number of rotatable bonds is 6. The Kier molecular flexibility index (Phi) is 5.34. The van der Waals surface area contributed by atoms with Gasteiger partial charge in [0.15, 0.2) is 23.1 Å². The number of nitro benzene ring substituents is 1. The Labute approximate surface area is 193 Å². The van der Waals surface area contributed by atoms with E-state index in [9.17, 15) is 18.5 Å². The average molecular weight is 479 g/mol. The minimum Gasteiger partial charge on any atom is -0.486 e. The SMILES string of the molecule is O=[N+]([O-])c1cccc(S(=O)(=O)Nc2nc3ccccc3nc2Nc2ccc3c(c2)OCCO3)c1. The van der Waals surface area contributed by atoms with E-state index in [1.807, 2.05) is 0 Å². The first-order valence-corrected chi connectivity index (χ1v) is 11.6. The number of para-hydroxylation sites is 2. The zero-order valence-electron chi connectivity index (χ0n) is 17.5. The number of nitrogens with zero attached hydrogens (tertiary/aromatic N) is 3. The van der Waals surface area contributed by atoms with Gasteiger partial charge in [-0.15, -0.1) is 0 Å². The minimum absolute atomic E-state index is 0.0694. The van der Waals surface area contributed by atoms with E-state index in [-0.39, 0.29) is 22.2 Å². The lowest BCUT2D eigenvalue weighted by molar-refractivity contribution is -0.385. The predicted octanol–water partition coefficient (Wildman–Crippen LogP) is 3.85. The highest BCUT2D eigenvalue weighted by molar-refractivity contribution is 7.92. The van der Waals surface area contributed by atoms with Gasteiger partial charge in [0, 0.05) is 23.9 Å². The molecule has 0 amide bonds. The molecule has 172 valence electrons. The quantitative estimate of drug-likeness (QED) is 0.311. The number of fused-ring (bicyclic) bond motifs is 2. The summed E-state index contributed by atoms with van der Waals surface area (Å²) < 4.78 is 39.6. The molecule has 1 aliphatic rings. The van der Waals surface area contributed by atoms with Gasteiger partial charge in [0.1, 0.15) is 13.2 Å². The third-order valence-electron chi connectivity index (χ3n) is 4.95. The summed E-state index contributed by atoms with van der Waals surface area (Å²) in [7, 11) is -4.21. The van der Waals surface area contributed by atoms with Gasteiger partial charge in [-0.3, -0.25) is 14.8 Å². The molecular weight excluding hydrogens is 462 g/mol. The van der Waals surface area contributed by atoms with Gasteiger partial charge < -0.3 is 14.8 Å². The number of nitrogens with one attached hydrogen (secondary N) is 2. The van der Waals surface area contributed by atoms with Crippen LogP contribution in [0.2, 0.25) is 0 Å². The van der Waals surface area contributed by atoms with Crippen LogP contribution in [0.4, 0.5) is 23.0 Å². The van der Waals surface area contributed by atoms with Crippen LogP contribution in [-0.4, -0.2) is 36.5 Å². The van der Waals surface area contributed by atoms with Crippen molar-refractivity contribution in [2.75, 3.05) is 23.3 Å². The van der Waals surface area contributed by atoms with E-state index in [0.717, 1.165) is 6.07 Å². The highest BCUT2D eigenvalue weighted by atomic mass is 32.2. The highest BCUT2D eigenvalue weighted by Crippen LogP contribution is 2.35. The van der Waals surface area contributed by atoms with E-state index in [2.05, 4.69) is 20.0 Å². The fraction of sp³-hybridized carbons (Fsp3) is 0.0909. The van der Waals surface area contributed by atoms with Crippen LogP contribution in [-0.2, 0) is 10.0 Å². The molecule has 3 aromatic carbocycles. The molecule has 34 heavy (non-hydrogen) atoms. The van der Waals surface area contributed by atoms with E-state index >= 15 is 0 Å². The van der Waals surface area contributed by atoms with Gasteiger partial charge in [-0.1, -0.05) is 18.2 Å². The third-order valence-corrected chi connectivity index (χ3v) is 6.28. The number of hydrogen-bond donors (Lipinski definition) is 2. The van der Waals surface area contributed by atoms with Gasteiger partial charge >= 0.3 is 0 Å². The Morgan fingerprint density at radius 3 is 2.29 bits per heavy atom. The zero-order chi connectivity index (χ0) is 23.7. The normalized spacial score (nSPS) is 12.8. The molecule has 11 nitrogen and oxygen atoms in total. The Morgan fingerprint density at radius 1 is 0.853 bits per heavy atom. The monoisotopic (exact) mass is 479 g/mol. The van der Waals surface area contributed by atoms with E-state index < -0.39 is 14.9 Å². The van der Waals surface area contributed by atoms with E-state index in [4.69, 9.17) is 9.47 Å². The summed E-state index contributed by atoms with van der Waals surface area (Å²) >= 11 is 0. The molecule has 2 N–H and O–H groups in total. The summed E-state index contributed by atoms with van der Waals surface area (Å²) in [5.41, 5.74) is 1.24. The molecule has 0 spiro atoms. The van der Waals surface area contributed by atoms with Crippen LogP contribution in [0.15, 0.2) is 71.6 Å². The smallest absolute Gasteiger partial charge is 0.270 e. The van der Waals surface area contributed by atoms with Crippen molar-refractivity contribution < 1.29 is 22.8 Å². The van der Waals surface area contributed by atoms with E-state index in [0.29, 0.717) is 41.4 Å². The number of nitro groups is 1. The summed E-state index contributed by atoms with van der Waals surface area (Å²) in [4.78, 5) is 19.1. The van der Waals surface area contributed by atoms with Crippen LogP contribution >= 0.6 is 0 Å². The summed E-state index contributed by atoms with van der Waals surface area (Å²) in [6.07, 6.45) is 0. The van der Waals surface area contributed by atoms with E-state index in [1.165, 1.54) is 18.2 Å². The molecule has 0 atom stereocenters. The second kappa shape index (κ2) is 8.48.